The van der Waals surface area contributed by atoms with Crippen LogP contribution in [0.5, 0.6) is 0 Å². The number of hydrogen-bond acceptors (Lipinski definition) is 3. The van der Waals surface area contributed by atoms with Gasteiger partial charge in [-0.2, -0.15) is 13.2 Å². The molecular weight excluding hydrogens is 219 g/mol. The minimum Gasteiger partial charge on any atom is -0.370 e. The number of nitrogens with one attached hydrogen (secondary N) is 1. The van der Waals surface area contributed by atoms with E-state index in [4.69, 9.17) is 5.73 Å². The van der Waals surface area contributed by atoms with Crippen LogP contribution in [0.25, 0.3) is 0 Å². The summed E-state index contributed by atoms with van der Waals surface area (Å²) in [6.07, 6.45) is -2.78. The van der Waals surface area contributed by atoms with Gasteiger partial charge < -0.3 is 11.1 Å². The summed E-state index contributed by atoms with van der Waals surface area (Å²) < 4.78 is 36.6. The largest absolute Gasteiger partial charge is 0.417 e. The molecule has 1 atom stereocenters. The summed E-state index contributed by atoms with van der Waals surface area (Å²) in [5, 5.41) is 2.90. The Balaban J connectivity index is 2.52. The molecule has 0 fully saturated rings. The van der Waals surface area contributed by atoms with Crippen LogP contribution in [0.15, 0.2) is 18.3 Å². The van der Waals surface area contributed by atoms with Gasteiger partial charge in [0.15, 0.2) is 0 Å². The smallest absolute Gasteiger partial charge is 0.370 e. The second-order valence-corrected chi connectivity index (χ2v) is 3.62. The quantitative estimate of drug-likeness (QED) is 0.838. The summed E-state index contributed by atoms with van der Waals surface area (Å²) in [5.41, 5.74) is 4.78. The molecule has 0 radical (unpaired) electrons. The molecule has 6 heteroatoms. The monoisotopic (exact) mass is 233 g/mol. The summed E-state index contributed by atoms with van der Waals surface area (Å²) in [6, 6.07) is 2.37. The third-order valence-corrected chi connectivity index (χ3v) is 2.00. The number of halogens is 3. The Morgan fingerprint density at radius 2 is 2.12 bits per heavy atom. The standard InChI is InChI=1S/C10H14F3N3/c1-7(14)4-5-15-9-3-2-8(6-16-9)10(11,12)13/h2-3,6-7H,4-5,14H2,1H3,(H,15,16). The van der Waals surface area contributed by atoms with Crippen LogP contribution in [0.3, 0.4) is 0 Å². The van der Waals surface area contributed by atoms with Gasteiger partial charge in [-0.15, -0.1) is 0 Å². The van der Waals surface area contributed by atoms with Gasteiger partial charge in [-0.05, 0) is 25.5 Å². The lowest BCUT2D eigenvalue weighted by atomic mass is 10.2. The maximum Gasteiger partial charge on any atom is 0.417 e. The van der Waals surface area contributed by atoms with Gasteiger partial charge in [0.2, 0.25) is 0 Å². The van der Waals surface area contributed by atoms with Crippen molar-refractivity contribution in [3.63, 3.8) is 0 Å². The summed E-state index contributed by atoms with van der Waals surface area (Å²) in [4.78, 5) is 3.67. The van der Waals surface area contributed by atoms with E-state index in [0.717, 1.165) is 18.7 Å². The number of nitrogens with zero attached hydrogens (tertiary/aromatic N) is 1. The Morgan fingerprint density at radius 3 is 2.56 bits per heavy atom. The highest BCUT2D eigenvalue weighted by molar-refractivity contribution is 5.35. The molecule has 1 unspecified atom stereocenters. The number of hydrogen-bond donors (Lipinski definition) is 2. The predicted molar refractivity (Wildman–Crippen MR) is 56.0 cm³/mol. The molecule has 0 aliphatic carbocycles. The van der Waals surface area contributed by atoms with Gasteiger partial charge in [0.25, 0.3) is 0 Å². The van der Waals surface area contributed by atoms with E-state index in [9.17, 15) is 13.2 Å². The van der Waals surface area contributed by atoms with Crippen LogP contribution >= 0.6 is 0 Å². The molecule has 3 N–H and O–H groups in total. The van der Waals surface area contributed by atoms with E-state index in [1.807, 2.05) is 6.92 Å². The van der Waals surface area contributed by atoms with E-state index >= 15 is 0 Å². The van der Waals surface area contributed by atoms with Gasteiger partial charge in [-0.25, -0.2) is 4.98 Å². The molecule has 0 saturated heterocycles. The van der Waals surface area contributed by atoms with Gasteiger partial charge >= 0.3 is 6.18 Å². The average molecular weight is 233 g/mol. The number of alkyl halides is 3. The van der Waals surface area contributed by atoms with E-state index in [-0.39, 0.29) is 6.04 Å². The van der Waals surface area contributed by atoms with Gasteiger partial charge in [0.05, 0.1) is 5.56 Å². The van der Waals surface area contributed by atoms with Crippen LogP contribution in [0.2, 0.25) is 0 Å². The molecule has 0 bridgehead atoms. The third-order valence-electron chi connectivity index (χ3n) is 2.00. The van der Waals surface area contributed by atoms with Crippen LogP contribution in [-0.4, -0.2) is 17.6 Å². The molecule has 0 amide bonds. The first kappa shape index (κ1) is 12.8. The zero-order valence-corrected chi connectivity index (χ0v) is 8.88. The predicted octanol–water partition coefficient (Wildman–Crippen LogP) is 2.25. The van der Waals surface area contributed by atoms with Crippen LogP contribution in [0.1, 0.15) is 18.9 Å². The second-order valence-electron chi connectivity index (χ2n) is 3.62. The molecule has 1 aromatic rings. The van der Waals surface area contributed by atoms with Gasteiger partial charge in [-0.1, -0.05) is 0 Å². The molecule has 1 rings (SSSR count). The Labute approximate surface area is 91.9 Å². The van der Waals surface area contributed by atoms with Gasteiger partial charge in [0, 0.05) is 18.8 Å². The van der Waals surface area contributed by atoms with E-state index in [1.165, 1.54) is 6.07 Å². The van der Waals surface area contributed by atoms with E-state index < -0.39 is 11.7 Å². The average Bonchev–Trinajstić information content (AvgIpc) is 2.16. The van der Waals surface area contributed by atoms with Crippen molar-refractivity contribution < 1.29 is 13.2 Å². The highest BCUT2D eigenvalue weighted by Crippen LogP contribution is 2.28. The topological polar surface area (TPSA) is 50.9 Å². The minimum absolute atomic E-state index is 0.0574. The van der Waals surface area contributed by atoms with Crippen LogP contribution in [0.4, 0.5) is 19.0 Å². The molecular formula is C10H14F3N3. The number of aromatic nitrogens is 1. The molecule has 90 valence electrons. The van der Waals surface area contributed by atoms with Crippen LogP contribution in [0, 0.1) is 0 Å². The lowest BCUT2D eigenvalue weighted by molar-refractivity contribution is -0.137. The van der Waals surface area contributed by atoms with Crippen molar-refractivity contribution in [1.82, 2.24) is 4.98 Å². The van der Waals surface area contributed by atoms with Crippen molar-refractivity contribution in [1.29, 1.82) is 0 Å². The first-order valence-electron chi connectivity index (χ1n) is 4.92. The van der Waals surface area contributed by atoms with Gasteiger partial charge in [-0.3, -0.25) is 0 Å². The Bertz CT molecular complexity index is 319. The van der Waals surface area contributed by atoms with Crippen molar-refractivity contribution in [2.75, 3.05) is 11.9 Å². The van der Waals surface area contributed by atoms with Crippen molar-refractivity contribution in [2.24, 2.45) is 5.73 Å². The lowest BCUT2D eigenvalue weighted by Crippen LogP contribution is -2.19. The molecule has 3 nitrogen and oxygen atoms in total. The Hall–Kier alpha value is -1.30. The number of nitrogens with two attached hydrogens (primary N) is 1. The van der Waals surface area contributed by atoms with Crippen molar-refractivity contribution in [3.8, 4) is 0 Å². The highest BCUT2D eigenvalue weighted by atomic mass is 19.4. The zero-order valence-electron chi connectivity index (χ0n) is 8.88. The SMILES string of the molecule is CC(N)CCNc1ccc(C(F)(F)F)cn1. The summed E-state index contributed by atoms with van der Waals surface area (Å²) in [7, 11) is 0. The number of rotatable bonds is 4. The molecule has 0 aliphatic rings. The first-order chi connectivity index (χ1) is 7.39. The fraction of sp³-hybridized carbons (Fsp3) is 0.500. The molecule has 0 saturated carbocycles. The number of pyridine rings is 1. The molecule has 0 aromatic carbocycles. The van der Waals surface area contributed by atoms with Crippen molar-refractivity contribution in [3.05, 3.63) is 23.9 Å². The normalized spacial score (nSPS) is 13.6. The fourth-order valence-corrected chi connectivity index (χ4v) is 1.09. The molecule has 16 heavy (non-hydrogen) atoms. The third kappa shape index (κ3) is 4.06. The molecule has 0 aliphatic heterocycles. The maximum atomic E-state index is 12.2. The summed E-state index contributed by atoms with van der Waals surface area (Å²) in [6.45, 7) is 2.46. The zero-order chi connectivity index (χ0) is 12.2. The van der Waals surface area contributed by atoms with Crippen molar-refractivity contribution >= 4 is 5.82 Å². The fourth-order valence-electron chi connectivity index (χ4n) is 1.09. The van der Waals surface area contributed by atoms with Crippen molar-refractivity contribution in [2.45, 2.75) is 25.6 Å². The van der Waals surface area contributed by atoms with Gasteiger partial charge in [0.1, 0.15) is 5.82 Å². The number of anilines is 1. The van der Waals surface area contributed by atoms with E-state index in [1.54, 1.807) is 0 Å². The lowest BCUT2D eigenvalue weighted by Gasteiger charge is -2.09. The molecule has 0 spiro atoms. The van der Waals surface area contributed by atoms with E-state index in [2.05, 4.69) is 10.3 Å². The summed E-state index contributed by atoms with van der Waals surface area (Å²) >= 11 is 0. The maximum absolute atomic E-state index is 12.2. The highest BCUT2D eigenvalue weighted by Gasteiger charge is 2.30. The Morgan fingerprint density at radius 1 is 1.44 bits per heavy atom. The first-order valence-corrected chi connectivity index (χ1v) is 4.92. The minimum atomic E-state index is -4.34. The molecule has 1 heterocycles. The van der Waals surface area contributed by atoms with Crippen LogP contribution < -0.4 is 11.1 Å². The molecule has 1 aromatic heterocycles. The van der Waals surface area contributed by atoms with E-state index in [0.29, 0.717) is 12.4 Å². The Kier molecular flexibility index (Phi) is 4.12. The van der Waals surface area contributed by atoms with Crippen LogP contribution in [-0.2, 0) is 6.18 Å². The second kappa shape index (κ2) is 5.16. The summed E-state index contributed by atoms with van der Waals surface area (Å²) in [5.74, 6) is 0.425.